The second-order valence-electron chi connectivity index (χ2n) is 6.13. The summed E-state index contributed by atoms with van der Waals surface area (Å²) in [5.74, 6) is -1.13. The molecule has 1 aromatic heterocycles. The standard InChI is InChI=1S/C15H20N2O3/c1-10-11(14(19)20)5-6-12(16-10)13(18)17-8-4-7-15(2,3)9-17/h5-6H,4,7-9H2,1-3H3,(H,19,20). The lowest BCUT2D eigenvalue weighted by atomic mass is 9.84. The molecule has 5 nitrogen and oxygen atoms in total. The van der Waals surface area contributed by atoms with E-state index in [0.717, 1.165) is 19.4 Å². The Morgan fingerprint density at radius 1 is 1.35 bits per heavy atom. The second-order valence-corrected chi connectivity index (χ2v) is 6.13. The van der Waals surface area contributed by atoms with E-state index in [2.05, 4.69) is 18.8 Å². The third-order valence-corrected chi connectivity index (χ3v) is 3.72. The molecule has 2 rings (SSSR count). The smallest absolute Gasteiger partial charge is 0.337 e. The third kappa shape index (κ3) is 2.98. The molecule has 108 valence electrons. The van der Waals surface area contributed by atoms with Crippen LogP contribution >= 0.6 is 0 Å². The van der Waals surface area contributed by atoms with E-state index in [1.54, 1.807) is 6.92 Å². The quantitative estimate of drug-likeness (QED) is 0.900. The van der Waals surface area contributed by atoms with Gasteiger partial charge in [0.2, 0.25) is 0 Å². The van der Waals surface area contributed by atoms with Crippen molar-refractivity contribution in [3.8, 4) is 0 Å². The highest BCUT2D eigenvalue weighted by Gasteiger charge is 2.30. The molecule has 1 amide bonds. The molecule has 0 aromatic carbocycles. The van der Waals surface area contributed by atoms with Gasteiger partial charge in [-0.2, -0.15) is 0 Å². The van der Waals surface area contributed by atoms with Gasteiger partial charge in [0, 0.05) is 13.1 Å². The Morgan fingerprint density at radius 2 is 2.05 bits per heavy atom. The number of nitrogens with zero attached hydrogens (tertiary/aromatic N) is 2. The monoisotopic (exact) mass is 276 g/mol. The molecule has 0 aliphatic carbocycles. The number of rotatable bonds is 2. The maximum atomic E-state index is 12.4. The molecule has 1 aliphatic heterocycles. The Balaban J connectivity index is 2.21. The van der Waals surface area contributed by atoms with Gasteiger partial charge in [0.05, 0.1) is 11.3 Å². The van der Waals surface area contributed by atoms with Crippen LogP contribution in [0.5, 0.6) is 0 Å². The van der Waals surface area contributed by atoms with Gasteiger partial charge < -0.3 is 10.0 Å². The summed E-state index contributed by atoms with van der Waals surface area (Å²) in [6, 6.07) is 2.95. The molecule has 5 heteroatoms. The minimum absolute atomic E-state index is 0.113. The van der Waals surface area contributed by atoms with Crippen molar-refractivity contribution in [2.45, 2.75) is 33.6 Å². The van der Waals surface area contributed by atoms with Gasteiger partial charge in [0.25, 0.3) is 5.91 Å². The van der Waals surface area contributed by atoms with Crippen molar-refractivity contribution in [2.24, 2.45) is 5.41 Å². The molecule has 1 fully saturated rings. The average molecular weight is 276 g/mol. The predicted octanol–water partition coefficient (Wildman–Crippen LogP) is 2.35. The van der Waals surface area contributed by atoms with Gasteiger partial charge in [-0.1, -0.05) is 13.8 Å². The molecule has 1 aromatic rings. The molecule has 0 bridgehead atoms. The number of carbonyl (C=O) groups is 2. The van der Waals surface area contributed by atoms with Crippen LogP contribution in [0.2, 0.25) is 0 Å². The first-order valence-corrected chi connectivity index (χ1v) is 6.80. The fourth-order valence-electron chi connectivity index (χ4n) is 2.66. The van der Waals surface area contributed by atoms with Crippen molar-refractivity contribution in [2.75, 3.05) is 13.1 Å². The summed E-state index contributed by atoms with van der Waals surface area (Å²) >= 11 is 0. The summed E-state index contributed by atoms with van der Waals surface area (Å²) in [4.78, 5) is 29.3. The van der Waals surface area contributed by atoms with Crippen molar-refractivity contribution in [3.63, 3.8) is 0 Å². The molecule has 1 aliphatic rings. The maximum Gasteiger partial charge on any atom is 0.337 e. The Kier molecular flexibility index (Phi) is 3.79. The normalized spacial score (nSPS) is 17.9. The number of hydrogen-bond donors (Lipinski definition) is 1. The number of carboxylic acids is 1. The second kappa shape index (κ2) is 5.23. The van der Waals surface area contributed by atoms with Gasteiger partial charge >= 0.3 is 5.97 Å². The minimum atomic E-state index is -1.02. The highest BCUT2D eigenvalue weighted by Crippen LogP contribution is 2.29. The van der Waals surface area contributed by atoms with Crippen LogP contribution in [0.25, 0.3) is 0 Å². The molecule has 0 spiro atoms. The Labute approximate surface area is 118 Å². The van der Waals surface area contributed by atoms with Gasteiger partial charge in [-0.3, -0.25) is 4.79 Å². The Hall–Kier alpha value is -1.91. The number of aryl methyl sites for hydroxylation is 1. The van der Waals surface area contributed by atoms with Crippen molar-refractivity contribution < 1.29 is 14.7 Å². The predicted molar refractivity (Wildman–Crippen MR) is 74.9 cm³/mol. The first-order valence-electron chi connectivity index (χ1n) is 6.80. The fraction of sp³-hybridized carbons (Fsp3) is 0.533. The number of aromatic nitrogens is 1. The highest BCUT2D eigenvalue weighted by atomic mass is 16.4. The lowest BCUT2D eigenvalue weighted by molar-refractivity contribution is 0.0576. The number of aromatic carboxylic acids is 1. The van der Waals surface area contributed by atoms with E-state index in [1.807, 2.05) is 4.90 Å². The first kappa shape index (κ1) is 14.5. The molecule has 0 radical (unpaired) electrons. The zero-order valence-corrected chi connectivity index (χ0v) is 12.1. The maximum absolute atomic E-state index is 12.4. The first-order chi connectivity index (χ1) is 9.30. The molecule has 0 atom stereocenters. The lowest BCUT2D eigenvalue weighted by Gasteiger charge is -2.37. The van der Waals surface area contributed by atoms with E-state index < -0.39 is 5.97 Å². The molecular weight excluding hydrogens is 256 g/mol. The molecule has 0 unspecified atom stereocenters. The molecule has 0 saturated carbocycles. The van der Waals surface area contributed by atoms with Crippen LogP contribution in [0, 0.1) is 12.3 Å². The summed E-state index contributed by atoms with van der Waals surface area (Å²) in [6.07, 6.45) is 2.10. The minimum Gasteiger partial charge on any atom is -0.478 e. The zero-order valence-electron chi connectivity index (χ0n) is 12.1. The summed E-state index contributed by atoms with van der Waals surface area (Å²) in [6.45, 7) is 7.37. The van der Waals surface area contributed by atoms with Gasteiger partial charge in [0.1, 0.15) is 5.69 Å². The van der Waals surface area contributed by atoms with E-state index in [0.29, 0.717) is 17.9 Å². The number of carbonyl (C=O) groups excluding carboxylic acids is 1. The van der Waals surface area contributed by atoms with Crippen molar-refractivity contribution in [1.82, 2.24) is 9.88 Å². The van der Waals surface area contributed by atoms with Crippen LogP contribution in [0.3, 0.4) is 0 Å². The molecule has 2 heterocycles. The Morgan fingerprint density at radius 3 is 2.60 bits per heavy atom. The van der Waals surface area contributed by atoms with E-state index in [-0.39, 0.29) is 16.9 Å². The Bertz CT molecular complexity index is 552. The lowest BCUT2D eigenvalue weighted by Crippen LogP contribution is -2.43. The number of pyridine rings is 1. The summed E-state index contributed by atoms with van der Waals surface area (Å²) in [5.41, 5.74) is 0.967. The van der Waals surface area contributed by atoms with Crippen molar-refractivity contribution in [1.29, 1.82) is 0 Å². The van der Waals surface area contributed by atoms with E-state index in [1.165, 1.54) is 12.1 Å². The van der Waals surface area contributed by atoms with Gasteiger partial charge in [-0.25, -0.2) is 9.78 Å². The van der Waals surface area contributed by atoms with Crippen LogP contribution in [0.4, 0.5) is 0 Å². The molecule has 1 N–H and O–H groups in total. The van der Waals surface area contributed by atoms with Crippen molar-refractivity contribution >= 4 is 11.9 Å². The highest BCUT2D eigenvalue weighted by molar-refractivity contribution is 5.94. The fourth-order valence-corrected chi connectivity index (χ4v) is 2.66. The summed E-state index contributed by atoms with van der Waals surface area (Å²) in [7, 11) is 0. The van der Waals surface area contributed by atoms with Crippen LogP contribution < -0.4 is 0 Å². The van der Waals surface area contributed by atoms with Gasteiger partial charge in [-0.05, 0) is 37.3 Å². The van der Waals surface area contributed by atoms with E-state index in [4.69, 9.17) is 5.11 Å². The number of likely N-dealkylation sites (tertiary alicyclic amines) is 1. The van der Waals surface area contributed by atoms with Crippen molar-refractivity contribution in [3.05, 3.63) is 29.1 Å². The SMILES string of the molecule is Cc1nc(C(=O)N2CCCC(C)(C)C2)ccc1C(=O)O. The number of amides is 1. The zero-order chi connectivity index (χ0) is 14.9. The number of piperidine rings is 1. The van der Waals surface area contributed by atoms with Gasteiger partial charge in [-0.15, -0.1) is 0 Å². The van der Waals surface area contributed by atoms with Gasteiger partial charge in [0.15, 0.2) is 0 Å². The van der Waals surface area contributed by atoms with Crippen LogP contribution in [0.15, 0.2) is 12.1 Å². The topological polar surface area (TPSA) is 70.5 Å². The molecular formula is C15H20N2O3. The van der Waals surface area contributed by atoms with Crippen LogP contribution in [-0.4, -0.2) is 40.0 Å². The summed E-state index contributed by atoms with van der Waals surface area (Å²) in [5, 5.41) is 8.98. The molecule has 20 heavy (non-hydrogen) atoms. The average Bonchev–Trinajstić information content (AvgIpc) is 2.36. The van der Waals surface area contributed by atoms with E-state index >= 15 is 0 Å². The van der Waals surface area contributed by atoms with Crippen LogP contribution in [-0.2, 0) is 0 Å². The largest absolute Gasteiger partial charge is 0.478 e. The summed E-state index contributed by atoms with van der Waals surface area (Å²) < 4.78 is 0. The van der Waals surface area contributed by atoms with Crippen LogP contribution in [0.1, 0.15) is 53.2 Å². The molecule has 1 saturated heterocycles. The number of carboxylic acid groups (broad SMARTS) is 1. The number of hydrogen-bond acceptors (Lipinski definition) is 3. The third-order valence-electron chi connectivity index (χ3n) is 3.72. The van der Waals surface area contributed by atoms with E-state index in [9.17, 15) is 9.59 Å².